The quantitative estimate of drug-likeness (QED) is 0.230. The molecule has 2 aliphatic heterocycles. The van der Waals surface area contributed by atoms with Crippen molar-refractivity contribution in [3.05, 3.63) is 53.3 Å². The van der Waals surface area contributed by atoms with Crippen LogP contribution < -0.4 is 4.74 Å². The van der Waals surface area contributed by atoms with Crippen molar-refractivity contribution >= 4 is 18.0 Å². The highest BCUT2D eigenvalue weighted by Crippen LogP contribution is 2.44. The normalized spacial score (nSPS) is 26.4. The van der Waals surface area contributed by atoms with E-state index in [1.165, 1.54) is 36.4 Å². The second-order valence-electron chi connectivity index (χ2n) is 8.72. The van der Waals surface area contributed by atoms with E-state index >= 15 is 0 Å². The molecule has 13 nitrogen and oxygen atoms in total. The van der Waals surface area contributed by atoms with E-state index in [9.17, 15) is 40.2 Å². The molecule has 2 aromatic carbocycles. The first-order chi connectivity index (χ1) is 18.0. The van der Waals surface area contributed by atoms with Gasteiger partial charge in [0.2, 0.25) is 6.29 Å². The van der Waals surface area contributed by atoms with Crippen molar-refractivity contribution < 1.29 is 64.3 Å². The van der Waals surface area contributed by atoms with Gasteiger partial charge in [0.05, 0.1) is 18.4 Å². The number of rotatable bonds is 8. The van der Waals surface area contributed by atoms with Gasteiger partial charge in [-0.3, -0.25) is 9.59 Å². The molecule has 6 atom stereocenters. The second-order valence-corrected chi connectivity index (χ2v) is 8.72. The monoisotopic (exact) mass is 534 g/mol. The fraction of sp³-hybridized carbons (Fsp3) is 0.360. The first kappa shape index (κ1) is 27.0. The minimum atomic E-state index is -1.77. The third-order valence-corrected chi connectivity index (χ3v) is 5.96. The van der Waals surface area contributed by atoms with Gasteiger partial charge in [-0.25, -0.2) is 0 Å². The van der Waals surface area contributed by atoms with Crippen molar-refractivity contribution in [3.8, 4) is 23.0 Å². The van der Waals surface area contributed by atoms with Crippen molar-refractivity contribution in [1.29, 1.82) is 0 Å². The molecule has 1 fully saturated rings. The Kier molecular flexibility index (Phi) is 7.92. The maximum absolute atomic E-state index is 11.8. The summed E-state index contributed by atoms with van der Waals surface area (Å²) in [5, 5.41) is 69.8. The van der Waals surface area contributed by atoms with Crippen molar-refractivity contribution in [3.63, 3.8) is 0 Å². The van der Waals surface area contributed by atoms with Gasteiger partial charge in [0.15, 0.2) is 6.10 Å². The van der Waals surface area contributed by atoms with Crippen LogP contribution in [0.15, 0.2) is 42.2 Å². The Morgan fingerprint density at radius 3 is 2.29 bits per heavy atom. The molecule has 2 heterocycles. The Morgan fingerprint density at radius 2 is 1.61 bits per heavy atom. The number of benzene rings is 2. The van der Waals surface area contributed by atoms with Crippen LogP contribution in [0.25, 0.3) is 6.08 Å². The predicted octanol–water partition coefficient (Wildman–Crippen LogP) is 0.510. The van der Waals surface area contributed by atoms with Crippen LogP contribution in [0.3, 0.4) is 0 Å². The molecular formula is C25H26O13. The Morgan fingerprint density at radius 1 is 0.895 bits per heavy atom. The number of hydrogen-bond donors (Lipinski definition) is 7. The lowest BCUT2D eigenvalue weighted by atomic mass is 9.98. The summed E-state index contributed by atoms with van der Waals surface area (Å²) in [6, 6.07) is 8.20. The van der Waals surface area contributed by atoms with E-state index in [4.69, 9.17) is 24.1 Å². The van der Waals surface area contributed by atoms with Gasteiger partial charge in [0.25, 0.3) is 0 Å². The number of aliphatic hydroxyl groups is 3. The molecular weight excluding hydrogens is 508 g/mol. The molecule has 2 aromatic rings. The number of esters is 1. The highest BCUT2D eigenvalue weighted by atomic mass is 16.7. The first-order valence-corrected chi connectivity index (χ1v) is 11.5. The number of carbonyl (C=O) groups excluding carboxylic acids is 1. The molecule has 4 rings (SSSR count). The number of phenols is 3. The molecule has 7 N–H and O–H groups in total. The van der Waals surface area contributed by atoms with Crippen LogP contribution in [-0.2, 0) is 23.8 Å². The fourth-order valence-corrected chi connectivity index (χ4v) is 3.96. The van der Waals surface area contributed by atoms with Gasteiger partial charge in [-0.2, -0.15) is 0 Å². The summed E-state index contributed by atoms with van der Waals surface area (Å²) in [6.07, 6.45) is -8.68. The van der Waals surface area contributed by atoms with Crippen molar-refractivity contribution in [2.45, 2.75) is 49.7 Å². The molecule has 0 saturated carbocycles. The van der Waals surface area contributed by atoms with E-state index in [2.05, 4.69) is 0 Å². The van der Waals surface area contributed by atoms with E-state index in [-0.39, 0.29) is 34.3 Å². The average molecular weight is 534 g/mol. The number of aliphatic carboxylic acids is 1. The molecule has 1 saturated heterocycles. The molecule has 0 radical (unpaired) electrons. The van der Waals surface area contributed by atoms with E-state index in [0.29, 0.717) is 5.56 Å². The van der Waals surface area contributed by atoms with E-state index in [1.807, 2.05) is 0 Å². The smallest absolute Gasteiger partial charge is 0.306 e. The molecule has 204 valence electrons. The topological polar surface area (TPSA) is 213 Å². The Hall–Kier alpha value is -4.04. The molecule has 0 bridgehead atoms. The highest BCUT2D eigenvalue weighted by molar-refractivity contribution is 5.76. The Labute approximate surface area is 215 Å². The van der Waals surface area contributed by atoms with Crippen LogP contribution in [0.5, 0.6) is 23.0 Å². The lowest BCUT2D eigenvalue weighted by Gasteiger charge is -2.41. The summed E-state index contributed by atoms with van der Waals surface area (Å²) < 4.78 is 22.3. The van der Waals surface area contributed by atoms with Crippen molar-refractivity contribution in [2.24, 2.45) is 0 Å². The van der Waals surface area contributed by atoms with Crippen LogP contribution >= 0.6 is 0 Å². The van der Waals surface area contributed by atoms with Crippen LogP contribution in [0, 0.1) is 0 Å². The third-order valence-electron chi connectivity index (χ3n) is 5.96. The number of fused-ring (bicyclic) bond motifs is 1. The summed E-state index contributed by atoms with van der Waals surface area (Å²) in [4.78, 5) is 22.4. The number of hydrogen-bond acceptors (Lipinski definition) is 12. The van der Waals surface area contributed by atoms with Gasteiger partial charge < -0.3 is 54.7 Å². The highest BCUT2D eigenvalue weighted by Gasteiger charge is 2.46. The zero-order valence-electron chi connectivity index (χ0n) is 19.7. The summed E-state index contributed by atoms with van der Waals surface area (Å²) in [7, 11) is 0. The van der Waals surface area contributed by atoms with Gasteiger partial charge in [-0.1, -0.05) is 12.1 Å². The zero-order valence-corrected chi connectivity index (χ0v) is 19.7. The molecule has 0 amide bonds. The lowest BCUT2D eigenvalue weighted by Crippen LogP contribution is -2.59. The van der Waals surface area contributed by atoms with Crippen molar-refractivity contribution in [1.82, 2.24) is 0 Å². The number of ether oxygens (including phenoxy) is 4. The zero-order chi connectivity index (χ0) is 27.6. The summed E-state index contributed by atoms with van der Waals surface area (Å²) in [6.45, 7) is -0.566. The minimum absolute atomic E-state index is 0.00553. The molecule has 0 aliphatic carbocycles. The van der Waals surface area contributed by atoms with Crippen molar-refractivity contribution in [2.75, 3.05) is 6.61 Å². The lowest BCUT2D eigenvalue weighted by molar-refractivity contribution is -0.294. The molecule has 0 aromatic heterocycles. The number of aliphatic hydroxyl groups excluding tert-OH is 3. The van der Waals surface area contributed by atoms with Gasteiger partial charge >= 0.3 is 11.9 Å². The Balaban J connectivity index is 1.58. The van der Waals surface area contributed by atoms with Gasteiger partial charge in [0.1, 0.15) is 59.8 Å². The van der Waals surface area contributed by atoms with Crippen LogP contribution in [0.4, 0.5) is 0 Å². The third kappa shape index (κ3) is 5.92. The maximum atomic E-state index is 11.8. The SMILES string of the molecule is O=C(O)CCC(=O)OC[C@H]1O[C@@H](OC2=Cc3c(O)cc(O)cc3OC2c2ccc(O)cc2)[C@H](O)[C@@H](O)[C@@H]1O. The minimum Gasteiger partial charge on any atom is -0.508 e. The van der Waals surface area contributed by atoms with Gasteiger partial charge in [-0.05, 0) is 18.2 Å². The van der Waals surface area contributed by atoms with Crippen LogP contribution in [0.1, 0.15) is 30.1 Å². The van der Waals surface area contributed by atoms with E-state index in [1.54, 1.807) is 0 Å². The molecule has 2 aliphatic rings. The maximum Gasteiger partial charge on any atom is 0.306 e. The van der Waals surface area contributed by atoms with Crippen LogP contribution in [-0.4, -0.2) is 85.0 Å². The second kappa shape index (κ2) is 11.1. The number of carbonyl (C=O) groups is 2. The summed E-state index contributed by atoms with van der Waals surface area (Å²) in [5.41, 5.74) is 0.611. The fourth-order valence-electron chi connectivity index (χ4n) is 3.96. The first-order valence-electron chi connectivity index (χ1n) is 11.5. The number of carboxylic acids is 1. The molecule has 13 heteroatoms. The van der Waals surface area contributed by atoms with E-state index in [0.717, 1.165) is 6.07 Å². The predicted molar refractivity (Wildman–Crippen MR) is 125 cm³/mol. The summed E-state index contributed by atoms with van der Waals surface area (Å²) >= 11 is 0. The molecule has 1 unspecified atom stereocenters. The van der Waals surface area contributed by atoms with Gasteiger partial charge in [-0.15, -0.1) is 0 Å². The number of aromatic hydroxyl groups is 3. The number of carboxylic acid groups (broad SMARTS) is 1. The molecule has 38 heavy (non-hydrogen) atoms. The standard InChI is InChI=1S/C25H26O13/c26-12-3-1-11(2-4-12)24-17(9-14-15(28)7-13(27)8-16(14)36-24)37-25-23(34)22(33)21(32)18(38-25)10-35-20(31)6-5-19(29)30/h1-4,7-9,18,21-28,32-34H,5-6,10H2,(H,29,30)/t18-,21-,22+,23-,24?,25-/m1/s1. The van der Waals surface area contributed by atoms with E-state index < -0.39 is 68.2 Å². The number of phenolic OH excluding ortho intramolecular Hbond substituents is 3. The van der Waals surface area contributed by atoms with Crippen LogP contribution in [0.2, 0.25) is 0 Å². The largest absolute Gasteiger partial charge is 0.508 e. The summed E-state index contributed by atoms with van der Waals surface area (Å²) in [5.74, 6) is -2.57. The molecule has 0 spiro atoms. The van der Waals surface area contributed by atoms with Gasteiger partial charge in [0, 0.05) is 17.7 Å². The Bertz CT molecular complexity index is 1210. The average Bonchev–Trinajstić information content (AvgIpc) is 2.87.